The van der Waals surface area contributed by atoms with Crippen molar-refractivity contribution in [1.29, 1.82) is 0 Å². The summed E-state index contributed by atoms with van der Waals surface area (Å²) in [5.41, 5.74) is 1.97. The molecule has 7 nitrogen and oxygen atoms in total. The van der Waals surface area contributed by atoms with E-state index in [4.69, 9.17) is 9.72 Å². The highest BCUT2D eigenvalue weighted by atomic mass is 32.1. The summed E-state index contributed by atoms with van der Waals surface area (Å²) in [5.74, 6) is 1.42. The zero-order chi connectivity index (χ0) is 22.9. The normalized spacial score (nSPS) is 18.0. The Labute approximate surface area is 199 Å². The van der Waals surface area contributed by atoms with Crippen LogP contribution in [0.25, 0.3) is 10.6 Å². The fraction of sp³-hybridized carbons (Fsp3) is 0.480. The second-order valence-corrected chi connectivity index (χ2v) is 9.47. The largest absolute Gasteiger partial charge is 0.393 e. The predicted molar refractivity (Wildman–Crippen MR) is 131 cm³/mol. The van der Waals surface area contributed by atoms with E-state index < -0.39 is 0 Å². The Hall–Kier alpha value is -2.73. The molecule has 8 heteroatoms. The molecule has 0 spiro atoms. The van der Waals surface area contributed by atoms with Crippen LogP contribution in [0.5, 0.6) is 0 Å². The van der Waals surface area contributed by atoms with Gasteiger partial charge in [-0.2, -0.15) is 4.98 Å². The quantitative estimate of drug-likeness (QED) is 0.349. The van der Waals surface area contributed by atoms with Gasteiger partial charge in [0.25, 0.3) is 0 Å². The number of hydrogen-bond acceptors (Lipinski definition) is 8. The molecule has 1 aliphatic rings. The van der Waals surface area contributed by atoms with Gasteiger partial charge in [0, 0.05) is 25.0 Å². The van der Waals surface area contributed by atoms with Crippen molar-refractivity contribution in [3.63, 3.8) is 0 Å². The van der Waals surface area contributed by atoms with Crippen LogP contribution in [-0.2, 0) is 18.0 Å². The molecular formula is C25H31N5O2S. The topological polar surface area (TPSA) is 92.2 Å². The van der Waals surface area contributed by atoms with Crippen molar-refractivity contribution < 1.29 is 9.84 Å². The van der Waals surface area contributed by atoms with E-state index in [2.05, 4.69) is 39.7 Å². The zero-order valence-electron chi connectivity index (χ0n) is 19.0. The van der Waals surface area contributed by atoms with Crippen LogP contribution < -0.4 is 10.6 Å². The highest BCUT2D eigenvalue weighted by molar-refractivity contribution is 7.15. The molecule has 174 valence electrons. The number of anilines is 2. The van der Waals surface area contributed by atoms with Gasteiger partial charge in [-0.05, 0) is 55.9 Å². The van der Waals surface area contributed by atoms with Gasteiger partial charge in [-0.3, -0.25) is 0 Å². The third-order valence-corrected chi connectivity index (χ3v) is 6.66. The molecule has 2 aromatic heterocycles. The van der Waals surface area contributed by atoms with E-state index in [0.29, 0.717) is 19.2 Å². The molecular weight excluding hydrogens is 434 g/mol. The Bertz CT molecular complexity index is 989. The number of nitrogens with one attached hydrogen (secondary N) is 2. The summed E-state index contributed by atoms with van der Waals surface area (Å²) in [7, 11) is 0. The molecule has 2 heterocycles. The van der Waals surface area contributed by atoms with Crippen molar-refractivity contribution in [2.45, 2.75) is 70.8 Å². The number of aliphatic hydroxyl groups is 1. The van der Waals surface area contributed by atoms with E-state index in [0.717, 1.165) is 71.9 Å². The smallest absolute Gasteiger partial charge is 0.224 e. The van der Waals surface area contributed by atoms with Gasteiger partial charge in [0.2, 0.25) is 5.95 Å². The van der Waals surface area contributed by atoms with Crippen molar-refractivity contribution in [1.82, 2.24) is 15.0 Å². The minimum Gasteiger partial charge on any atom is -0.393 e. The maximum Gasteiger partial charge on any atom is 0.224 e. The SMILES string of the molecule is CCCCNc1ncc(-c2ncc(COCc3cc#ccc3)s2)c(NC2CCC(O)CC2)n1. The van der Waals surface area contributed by atoms with Crippen molar-refractivity contribution in [3.05, 3.63) is 53.2 Å². The van der Waals surface area contributed by atoms with Crippen LogP contribution >= 0.6 is 11.3 Å². The highest BCUT2D eigenvalue weighted by Crippen LogP contribution is 2.32. The molecule has 1 aromatic carbocycles. The minimum atomic E-state index is -0.187. The lowest BCUT2D eigenvalue weighted by molar-refractivity contribution is 0.109. The number of aliphatic hydroxyl groups excluding tert-OH is 1. The molecule has 0 aliphatic heterocycles. The molecule has 0 bridgehead atoms. The fourth-order valence-electron chi connectivity index (χ4n) is 3.76. The summed E-state index contributed by atoms with van der Waals surface area (Å²) in [5, 5.41) is 17.6. The van der Waals surface area contributed by atoms with Gasteiger partial charge in [0.15, 0.2) is 0 Å². The molecule has 1 aliphatic carbocycles. The molecule has 0 radical (unpaired) electrons. The average molecular weight is 466 g/mol. The molecule has 0 saturated heterocycles. The summed E-state index contributed by atoms with van der Waals surface area (Å²) in [6.45, 7) is 4.04. The Morgan fingerprint density at radius 3 is 2.82 bits per heavy atom. The molecule has 1 fully saturated rings. The Morgan fingerprint density at radius 2 is 2.03 bits per heavy atom. The average Bonchev–Trinajstić information content (AvgIpc) is 3.30. The van der Waals surface area contributed by atoms with Crippen molar-refractivity contribution in [2.75, 3.05) is 17.2 Å². The first-order chi connectivity index (χ1) is 16.2. The van der Waals surface area contributed by atoms with Crippen LogP contribution in [0.3, 0.4) is 0 Å². The Kier molecular flexibility index (Phi) is 8.47. The molecule has 33 heavy (non-hydrogen) atoms. The lowest BCUT2D eigenvalue weighted by Gasteiger charge is -2.27. The summed E-state index contributed by atoms with van der Waals surface area (Å²) < 4.78 is 5.85. The molecule has 0 atom stereocenters. The van der Waals surface area contributed by atoms with Gasteiger partial charge in [-0.25, -0.2) is 9.97 Å². The monoisotopic (exact) mass is 465 g/mol. The van der Waals surface area contributed by atoms with Crippen molar-refractivity contribution in [2.24, 2.45) is 0 Å². The number of ether oxygens (including phenoxy) is 1. The summed E-state index contributed by atoms with van der Waals surface area (Å²) >= 11 is 1.59. The summed E-state index contributed by atoms with van der Waals surface area (Å²) in [6, 6.07) is 11.8. The van der Waals surface area contributed by atoms with E-state index in [-0.39, 0.29) is 12.1 Å². The number of aromatic nitrogens is 3. The molecule has 0 amide bonds. The minimum absolute atomic E-state index is 0.187. The van der Waals surface area contributed by atoms with Crippen LogP contribution in [0.2, 0.25) is 0 Å². The summed E-state index contributed by atoms with van der Waals surface area (Å²) in [4.78, 5) is 15.0. The zero-order valence-corrected chi connectivity index (χ0v) is 19.8. The summed E-state index contributed by atoms with van der Waals surface area (Å²) in [6.07, 6.45) is 9.19. The maximum absolute atomic E-state index is 9.85. The lowest BCUT2D eigenvalue weighted by Crippen LogP contribution is -2.29. The van der Waals surface area contributed by atoms with Crippen LogP contribution in [-0.4, -0.2) is 38.7 Å². The van der Waals surface area contributed by atoms with Gasteiger partial charge in [-0.1, -0.05) is 25.5 Å². The number of rotatable bonds is 11. The van der Waals surface area contributed by atoms with Gasteiger partial charge < -0.3 is 20.5 Å². The molecule has 4 rings (SSSR count). The Morgan fingerprint density at radius 1 is 1.15 bits per heavy atom. The number of unbranched alkanes of at least 4 members (excludes halogenated alkanes) is 1. The highest BCUT2D eigenvalue weighted by Gasteiger charge is 2.22. The van der Waals surface area contributed by atoms with Crippen LogP contribution in [0.4, 0.5) is 11.8 Å². The van der Waals surface area contributed by atoms with Crippen LogP contribution in [0.1, 0.15) is 55.9 Å². The van der Waals surface area contributed by atoms with E-state index in [9.17, 15) is 5.11 Å². The van der Waals surface area contributed by atoms with E-state index in [1.54, 1.807) is 11.3 Å². The first-order valence-electron chi connectivity index (χ1n) is 11.7. The van der Waals surface area contributed by atoms with Crippen LogP contribution in [0, 0.1) is 12.1 Å². The van der Waals surface area contributed by atoms with Crippen molar-refractivity contribution >= 4 is 23.1 Å². The maximum atomic E-state index is 9.85. The van der Waals surface area contributed by atoms with E-state index in [1.165, 1.54) is 0 Å². The third kappa shape index (κ3) is 6.87. The fourth-order valence-corrected chi connectivity index (χ4v) is 4.62. The van der Waals surface area contributed by atoms with Crippen molar-refractivity contribution in [3.8, 4) is 10.6 Å². The van der Waals surface area contributed by atoms with E-state index in [1.807, 2.05) is 30.6 Å². The number of thiazole rings is 1. The number of nitrogens with zero attached hydrogens (tertiary/aromatic N) is 3. The lowest BCUT2D eigenvalue weighted by atomic mass is 9.93. The van der Waals surface area contributed by atoms with Gasteiger partial charge in [0.1, 0.15) is 10.8 Å². The first-order valence-corrected chi connectivity index (χ1v) is 12.5. The van der Waals surface area contributed by atoms with E-state index >= 15 is 0 Å². The van der Waals surface area contributed by atoms with Gasteiger partial charge in [-0.15, -0.1) is 11.3 Å². The van der Waals surface area contributed by atoms with Gasteiger partial charge in [0.05, 0.1) is 29.8 Å². The van der Waals surface area contributed by atoms with Gasteiger partial charge >= 0.3 is 0 Å². The standard InChI is InChI=1S/C25H31N5O2S/c1-2-3-13-26-25-28-15-22(23(30-25)29-19-9-11-20(31)12-10-19)24-27-14-21(33-24)17-32-16-18-7-5-4-6-8-18/h5,7-8,14-15,19-20,31H,2-3,9-13,16-17H2,1H3,(H2,26,28,29,30). The molecule has 0 unspecified atom stereocenters. The molecule has 3 aromatic rings. The Balaban J connectivity index is 1.45. The molecule has 3 N–H and O–H groups in total. The predicted octanol–water partition coefficient (Wildman–Crippen LogP) is 4.84. The second kappa shape index (κ2) is 11.9. The van der Waals surface area contributed by atoms with Crippen LogP contribution in [0.15, 0.2) is 30.6 Å². The first kappa shape index (κ1) is 23.4. The second-order valence-electron chi connectivity index (χ2n) is 8.35. The molecule has 1 saturated carbocycles. The number of hydrogen-bond donors (Lipinski definition) is 3. The third-order valence-electron chi connectivity index (χ3n) is 5.66.